The molecule has 0 radical (unpaired) electrons. The Morgan fingerprint density at radius 3 is 0.744 bits per heavy atom. The average molecular weight is 1010 g/mol. The fraction of sp³-hybridized carbons (Fsp3) is 0. The molecular weight excluding hydrogens is 973 g/mol. The van der Waals surface area contributed by atoms with Crippen LogP contribution in [0.4, 0.5) is 0 Å². The number of hydrogen-bond acceptors (Lipinski definition) is 9. The molecule has 0 aliphatic rings. The van der Waals surface area contributed by atoms with Gasteiger partial charge in [0.25, 0.3) is 0 Å². The smallest absolute Gasteiger partial charge is 0.347 e. The van der Waals surface area contributed by atoms with Crippen molar-refractivity contribution in [3.8, 4) is 51.2 Å². The molecular formula is C66H36N6O6. The van der Waals surface area contributed by atoms with Crippen molar-refractivity contribution in [2.45, 2.75) is 0 Å². The first-order chi connectivity index (χ1) is 38.4. The zero-order chi connectivity index (χ0) is 51.8. The van der Waals surface area contributed by atoms with Gasteiger partial charge >= 0.3 is 16.9 Å². The Bertz CT molecular complexity index is 4740. The lowest BCUT2D eigenvalue weighted by Crippen LogP contribution is -2.13. The van der Waals surface area contributed by atoms with Crippen LogP contribution in [0.1, 0.15) is 0 Å². The van der Waals surface area contributed by atoms with Crippen LogP contribution >= 0.6 is 0 Å². The first-order valence-electron chi connectivity index (χ1n) is 25.4. The van der Waals surface area contributed by atoms with Crippen molar-refractivity contribution in [3.05, 3.63) is 250 Å². The van der Waals surface area contributed by atoms with E-state index in [1.165, 1.54) is 0 Å². The average Bonchev–Trinajstić information content (AvgIpc) is 4.13. The van der Waals surface area contributed by atoms with Gasteiger partial charge in [0.05, 0.1) is 33.1 Å². The molecule has 0 atom stereocenters. The molecule has 7 heterocycles. The summed E-state index contributed by atoms with van der Waals surface area (Å²) < 4.78 is 24.8. The van der Waals surface area contributed by atoms with Crippen molar-refractivity contribution < 1.29 is 13.3 Å². The summed E-state index contributed by atoms with van der Waals surface area (Å²) in [5.41, 5.74) is 7.18. The Hall–Kier alpha value is -11.0. The zero-order valence-corrected chi connectivity index (χ0v) is 40.9. The second-order valence-corrected chi connectivity index (χ2v) is 19.4. The summed E-state index contributed by atoms with van der Waals surface area (Å²) in [5, 5.41) is 8.35. The van der Waals surface area contributed by atoms with E-state index in [9.17, 15) is 14.4 Å². The summed E-state index contributed by atoms with van der Waals surface area (Å²) in [6, 6.07) is 71.1. The van der Waals surface area contributed by atoms with Crippen molar-refractivity contribution >= 4 is 98.3 Å². The second-order valence-electron chi connectivity index (χ2n) is 19.4. The van der Waals surface area contributed by atoms with E-state index in [1.807, 2.05) is 127 Å². The van der Waals surface area contributed by atoms with Crippen molar-refractivity contribution in [3.63, 3.8) is 0 Å². The third-order valence-electron chi connectivity index (χ3n) is 15.0. The lowest BCUT2D eigenvalue weighted by molar-refractivity contribution is 0.561. The molecule has 0 saturated carbocycles. The number of rotatable bonds is 6. The van der Waals surface area contributed by atoms with Gasteiger partial charge in [-0.2, -0.15) is 0 Å². The summed E-state index contributed by atoms with van der Waals surface area (Å²) in [7, 11) is 0. The molecule has 0 spiro atoms. The molecule has 16 aromatic rings. The minimum absolute atomic E-state index is 0.0148. The van der Waals surface area contributed by atoms with E-state index in [1.54, 1.807) is 18.2 Å². The highest BCUT2D eigenvalue weighted by Crippen LogP contribution is 2.37. The normalized spacial score (nSPS) is 12.0. The van der Waals surface area contributed by atoms with Crippen LogP contribution in [0.2, 0.25) is 0 Å². The summed E-state index contributed by atoms with van der Waals surface area (Å²) in [6.07, 6.45) is 0. The van der Waals surface area contributed by atoms with Crippen LogP contribution < -0.4 is 16.9 Å². The Kier molecular flexibility index (Phi) is 9.19. The molecule has 7 aromatic heterocycles. The Balaban J connectivity index is 0.854. The molecule has 0 amide bonds. The number of para-hydroxylation sites is 6. The van der Waals surface area contributed by atoms with Gasteiger partial charge in [-0.05, 0) is 91.0 Å². The SMILES string of the molecule is O=c1oc2cc(-n3c4ccccc4c4ccccc43)ccc2cc1-c1nc(-c2cc3ccc(-n4c5ccccc5c5ccccc54)cc3oc2=O)nc(-c2cc3ccc(-n4c5ccccc5c5ccccc54)cc3oc2=O)n1. The van der Waals surface area contributed by atoms with Crippen molar-refractivity contribution in [2.75, 3.05) is 0 Å². The highest BCUT2D eigenvalue weighted by atomic mass is 16.4. The predicted molar refractivity (Wildman–Crippen MR) is 307 cm³/mol. The highest BCUT2D eigenvalue weighted by molar-refractivity contribution is 6.11. The third-order valence-corrected chi connectivity index (χ3v) is 15.0. The summed E-state index contributed by atoms with van der Waals surface area (Å²) in [6.45, 7) is 0. The fourth-order valence-corrected chi connectivity index (χ4v) is 11.5. The van der Waals surface area contributed by atoms with Crippen LogP contribution in [0, 0.1) is 0 Å². The van der Waals surface area contributed by atoms with Gasteiger partial charge in [-0.1, -0.05) is 109 Å². The maximum absolute atomic E-state index is 14.4. The number of fused-ring (bicyclic) bond motifs is 12. The lowest BCUT2D eigenvalue weighted by Gasteiger charge is -2.11. The van der Waals surface area contributed by atoms with Crippen molar-refractivity contribution in [1.29, 1.82) is 0 Å². The van der Waals surface area contributed by atoms with Gasteiger partial charge in [-0.15, -0.1) is 0 Å². The minimum Gasteiger partial charge on any atom is -0.422 e. The zero-order valence-electron chi connectivity index (χ0n) is 40.9. The maximum atomic E-state index is 14.4. The molecule has 9 aromatic carbocycles. The Morgan fingerprint density at radius 1 is 0.269 bits per heavy atom. The van der Waals surface area contributed by atoms with Crippen LogP contribution in [0.5, 0.6) is 0 Å². The van der Waals surface area contributed by atoms with Gasteiger partial charge in [-0.25, -0.2) is 29.3 Å². The fourth-order valence-electron chi connectivity index (χ4n) is 11.5. The largest absolute Gasteiger partial charge is 0.422 e. The quantitative estimate of drug-likeness (QED) is 0.149. The lowest BCUT2D eigenvalue weighted by atomic mass is 10.1. The van der Waals surface area contributed by atoms with Crippen LogP contribution in [0.25, 0.3) is 150 Å². The Labute approximate surface area is 439 Å². The van der Waals surface area contributed by atoms with Gasteiger partial charge < -0.3 is 27.0 Å². The Morgan fingerprint density at radius 2 is 0.500 bits per heavy atom. The molecule has 0 aliphatic carbocycles. The predicted octanol–water partition coefficient (Wildman–Crippen LogP) is 14.5. The van der Waals surface area contributed by atoms with E-state index in [0.717, 1.165) is 82.5 Å². The standard InChI is InChI=1S/C66H36N6O6/c73-64-49(31-37-25-28-40(34-58(37)76-64)70-52-19-7-1-13-43(52)44-14-2-8-20-53(44)70)61-67-62(50-32-38-26-29-41(35-59(38)77-65(50)74)71-54-21-9-3-15-45(54)46-16-4-10-22-55(46)71)69-63(68-61)51-33-39-27-30-42(36-60(39)78-66(51)75)72-56-23-11-5-17-47(56)48-18-6-12-24-57(48)72/h1-36H. The van der Waals surface area contributed by atoms with Gasteiger partial charge in [0.15, 0.2) is 17.5 Å². The maximum Gasteiger partial charge on any atom is 0.347 e. The molecule has 16 rings (SSSR count). The van der Waals surface area contributed by atoms with Crippen molar-refractivity contribution in [2.24, 2.45) is 0 Å². The topological polar surface area (TPSA) is 144 Å². The van der Waals surface area contributed by atoms with Crippen LogP contribution in [-0.2, 0) is 0 Å². The molecule has 0 aliphatic heterocycles. The number of benzene rings is 9. The molecule has 78 heavy (non-hydrogen) atoms. The van der Waals surface area contributed by atoms with Gasteiger partial charge in [0.1, 0.15) is 33.4 Å². The second kappa shape index (κ2) is 16.5. The molecule has 366 valence electrons. The number of hydrogen-bond donors (Lipinski definition) is 0. The molecule has 12 nitrogen and oxygen atoms in total. The van der Waals surface area contributed by atoms with E-state index in [2.05, 4.69) is 86.5 Å². The highest BCUT2D eigenvalue weighted by Gasteiger charge is 2.23. The van der Waals surface area contributed by atoms with E-state index in [-0.39, 0.29) is 34.2 Å². The summed E-state index contributed by atoms with van der Waals surface area (Å²) >= 11 is 0. The third kappa shape index (κ3) is 6.53. The van der Waals surface area contributed by atoms with Crippen LogP contribution in [0.3, 0.4) is 0 Å². The van der Waals surface area contributed by atoms with Gasteiger partial charge in [0.2, 0.25) is 0 Å². The molecule has 0 unspecified atom stereocenters. The van der Waals surface area contributed by atoms with Gasteiger partial charge in [0, 0.05) is 83.7 Å². The molecule has 0 saturated heterocycles. The minimum atomic E-state index is -0.740. The van der Waals surface area contributed by atoms with E-state index in [4.69, 9.17) is 28.2 Å². The molecule has 12 heteroatoms. The van der Waals surface area contributed by atoms with E-state index >= 15 is 0 Å². The number of nitrogens with zero attached hydrogens (tertiary/aromatic N) is 6. The van der Waals surface area contributed by atoms with E-state index < -0.39 is 16.9 Å². The van der Waals surface area contributed by atoms with Gasteiger partial charge in [-0.3, -0.25) is 0 Å². The number of aromatic nitrogens is 6. The first-order valence-corrected chi connectivity index (χ1v) is 25.4. The first kappa shape index (κ1) is 43.4. The molecule has 0 fully saturated rings. The monoisotopic (exact) mass is 1010 g/mol. The van der Waals surface area contributed by atoms with E-state index in [0.29, 0.717) is 32.9 Å². The van der Waals surface area contributed by atoms with Crippen LogP contribution in [-0.4, -0.2) is 28.7 Å². The summed E-state index contributed by atoms with van der Waals surface area (Å²) in [4.78, 5) is 57.5. The summed E-state index contributed by atoms with van der Waals surface area (Å²) in [5.74, 6) is -0.376. The van der Waals surface area contributed by atoms with Crippen LogP contribution in [0.15, 0.2) is 246 Å². The molecule has 0 bridgehead atoms. The van der Waals surface area contributed by atoms with Crippen molar-refractivity contribution in [1.82, 2.24) is 28.7 Å². The molecule has 0 N–H and O–H groups in total.